The lowest BCUT2D eigenvalue weighted by Gasteiger charge is -2.39. The average Bonchev–Trinajstić information content (AvgIpc) is 3.01. The Balaban J connectivity index is 2.07. The van der Waals surface area contributed by atoms with Gasteiger partial charge >= 0.3 is 5.97 Å². The van der Waals surface area contributed by atoms with Gasteiger partial charge < -0.3 is 9.47 Å². The highest BCUT2D eigenvalue weighted by Crippen LogP contribution is 2.46. The molecule has 1 aliphatic rings. The molecule has 120 valence electrons. The molecule has 2 heterocycles. The van der Waals surface area contributed by atoms with Gasteiger partial charge in [0.1, 0.15) is 5.75 Å². The van der Waals surface area contributed by atoms with Gasteiger partial charge in [-0.2, -0.15) is 0 Å². The minimum absolute atomic E-state index is 0.252. The summed E-state index contributed by atoms with van der Waals surface area (Å²) in [6, 6.07) is 17.9. The van der Waals surface area contributed by atoms with E-state index in [1.165, 1.54) is 7.11 Å². The molecule has 2 aromatic carbocycles. The molecule has 4 nitrogen and oxygen atoms in total. The zero-order valence-electron chi connectivity index (χ0n) is 13.6. The molecule has 4 rings (SSSR count). The van der Waals surface area contributed by atoms with E-state index in [2.05, 4.69) is 12.6 Å². The van der Waals surface area contributed by atoms with Crippen molar-refractivity contribution in [3.05, 3.63) is 66.7 Å². The second kappa shape index (κ2) is 4.99. The van der Waals surface area contributed by atoms with Crippen LogP contribution in [0.25, 0.3) is 22.2 Å². The molecule has 0 saturated heterocycles. The topological polar surface area (TPSA) is 40.5 Å². The number of fused-ring (bicyclic) bond motifs is 5. The second-order valence-corrected chi connectivity index (χ2v) is 5.98. The molecule has 0 saturated carbocycles. The fourth-order valence-electron chi connectivity index (χ4n) is 3.35. The van der Waals surface area contributed by atoms with Crippen LogP contribution in [0.3, 0.4) is 0 Å². The number of carbonyl (C=O) groups excluding carboxylic acids is 1. The summed E-state index contributed by atoms with van der Waals surface area (Å²) in [6.07, 6.45) is 0. The molecular weight excluding hydrogens is 302 g/mol. The van der Waals surface area contributed by atoms with E-state index < -0.39 is 11.7 Å². The molecule has 24 heavy (non-hydrogen) atoms. The molecule has 3 aromatic rings. The van der Waals surface area contributed by atoms with Crippen LogP contribution >= 0.6 is 0 Å². The summed E-state index contributed by atoms with van der Waals surface area (Å²) in [7, 11) is 1.35. The largest absolute Gasteiger partial charge is 0.466 e. The highest BCUT2D eigenvalue weighted by Gasteiger charge is 2.43. The van der Waals surface area contributed by atoms with Crippen molar-refractivity contribution in [1.82, 2.24) is 4.57 Å². The van der Waals surface area contributed by atoms with Crippen molar-refractivity contribution < 1.29 is 14.3 Å². The van der Waals surface area contributed by atoms with Crippen LogP contribution in [0, 0.1) is 0 Å². The van der Waals surface area contributed by atoms with Crippen molar-refractivity contribution in [3.8, 4) is 17.0 Å². The molecular formula is C20H17NO3. The molecule has 0 spiro atoms. The zero-order chi connectivity index (χ0) is 16.9. The number of para-hydroxylation sites is 2. The third kappa shape index (κ3) is 1.83. The first-order valence-corrected chi connectivity index (χ1v) is 7.73. The molecule has 1 unspecified atom stereocenters. The zero-order valence-corrected chi connectivity index (χ0v) is 13.6. The van der Waals surface area contributed by atoms with Crippen LogP contribution in [0.4, 0.5) is 0 Å². The Morgan fingerprint density at radius 2 is 1.88 bits per heavy atom. The van der Waals surface area contributed by atoms with Crippen LogP contribution < -0.4 is 4.74 Å². The number of rotatable bonds is 2. The third-order valence-corrected chi connectivity index (χ3v) is 4.60. The van der Waals surface area contributed by atoms with Gasteiger partial charge in [0.25, 0.3) is 0 Å². The minimum atomic E-state index is -1.06. The van der Waals surface area contributed by atoms with Gasteiger partial charge in [0.2, 0.25) is 5.72 Å². The predicted molar refractivity (Wildman–Crippen MR) is 92.8 cm³/mol. The fourth-order valence-corrected chi connectivity index (χ4v) is 3.35. The first kappa shape index (κ1) is 14.6. The standard InChI is InChI=1S/C20H17NO3/c1-13(19(22)23-3)20(2)21-16-10-6-4-8-14(16)12-17(21)15-9-5-7-11-18(15)24-20/h4-12H,1H2,2-3H3. The smallest absolute Gasteiger partial charge is 0.339 e. The molecule has 0 radical (unpaired) electrons. The number of methoxy groups -OCH3 is 1. The van der Waals surface area contributed by atoms with Crippen LogP contribution in [-0.2, 0) is 15.3 Å². The number of ether oxygens (including phenoxy) is 2. The quantitative estimate of drug-likeness (QED) is 0.527. The molecule has 0 amide bonds. The van der Waals surface area contributed by atoms with Gasteiger partial charge in [0.15, 0.2) is 0 Å². The summed E-state index contributed by atoms with van der Waals surface area (Å²) in [5.74, 6) is 0.237. The lowest BCUT2D eigenvalue weighted by atomic mass is 10.0. The monoisotopic (exact) mass is 319 g/mol. The van der Waals surface area contributed by atoms with Gasteiger partial charge in [0, 0.05) is 17.9 Å². The van der Waals surface area contributed by atoms with E-state index in [1.807, 2.05) is 60.0 Å². The number of hydrogen-bond donors (Lipinski definition) is 0. The van der Waals surface area contributed by atoms with Crippen LogP contribution in [0.1, 0.15) is 6.92 Å². The lowest BCUT2D eigenvalue weighted by Crippen LogP contribution is -2.43. The Kier molecular flexibility index (Phi) is 3.03. The highest BCUT2D eigenvalue weighted by molar-refractivity contribution is 5.93. The summed E-state index contributed by atoms with van der Waals surface area (Å²) in [6.45, 7) is 5.80. The normalized spacial score (nSPS) is 18.4. The van der Waals surface area contributed by atoms with Crippen molar-refractivity contribution in [2.45, 2.75) is 12.6 Å². The maximum absolute atomic E-state index is 12.2. The highest BCUT2D eigenvalue weighted by atomic mass is 16.5. The van der Waals surface area contributed by atoms with E-state index in [4.69, 9.17) is 9.47 Å². The van der Waals surface area contributed by atoms with Crippen molar-refractivity contribution >= 4 is 16.9 Å². The summed E-state index contributed by atoms with van der Waals surface area (Å²) >= 11 is 0. The summed E-state index contributed by atoms with van der Waals surface area (Å²) in [5, 5.41) is 1.08. The van der Waals surface area contributed by atoms with Gasteiger partial charge in [-0.3, -0.25) is 4.57 Å². The van der Waals surface area contributed by atoms with Crippen LogP contribution in [0.5, 0.6) is 5.75 Å². The Hall–Kier alpha value is -3.01. The van der Waals surface area contributed by atoms with E-state index in [1.54, 1.807) is 0 Å². The molecule has 1 aliphatic heterocycles. The Labute approximate surface area is 139 Å². The van der Waals surface area contributed by atoms with Gasteiger partial charge in [0.05, 0.1) is 23.9 Å². The molecule has 1 atom stereocenters. The first-order valence-electron chi connectivity index (χ1n) is 7.73. The minimum Gasteiger partial charge on any atom is -0.466 e. The number of esters is 1. The molecule has 0 bridgehead atoms. The molecule has 0 N–H and O–H groups in total. The first-order chi connectivity index (χ1) is 11.6. The van der Waals surface area contributed by atoms with Crippen LogP contribution in [0.15, 0.2) is 66.7 Å². The Morgan fingerprint density at radius 1 is 1.17 bits per heavy atom. The van der Waals surface area contributed by atoms with Gasteiger partial charge in [-0.05, 0) is 24.3 Å². The maximum Gasteiger partial charge on any atom is 0.339 e. The number of carbonyl (C=O) groups is 1. The van der Waals surface area contributed by atoms with Gasteiger partial charge in [-0.1, -0.05) is 36.9 Å². The van der Waals surface area contributed by atoms with Crippen molar-refractivity contribution in [3.63, 3.8) is 0 Å². The summed E-state index contributed by atoms with van der Waals surface area (Å²) in [4.78, 5) is 12.2. The van der Waals surface area contributed by atoms with Crippen LogP contribution in [-0.4, -0.2) is 17.6 Å². The summed E-state index contributed by atoms with van der Waals surface area (Å²) in [5.41, 5.74) is 2.16. The van der Waals surface area contributed by atoms with Crippen molar-refractivity contribution in [2.75, 3.05) is 7.11 Å². The number of hydrogen-bond acceptors (Lipinski definition) is 3. The van der Waals surface area contributed by atoms with E-state index in [-0.39, 0.29) is 5.57 Å². The lowest BCUT2D eigenvalue weighted by molar-refractivity contribution is -0.139. The van der Waals surface area contributed by atoms with Gasteiger partial charge in [-0.25, -0.2) is 4.79 Å². The number of aromatic nitrogens is 1. The van der Waals surface area contributed by atoms with E-state index in [0.29, 0.717) is 0 Å². The number of benzene rings is 2. The molecule has 0 fully saturated rings. The van der Waals surface area contributed by atoms with Gasteiger partial charge in [-0.15, -0.1) is 0 Å². The van der Waals surface area contributed by atoms with Crippen molar-refractivity contribution in [1.29, 1.82) is 0 Å². The van der Waals surface area contributed by atoms with E-state index >= 15 is 0 Å². The Bertz CT molecular complexity index is 985. The third-order valence-electron chi connectivity index (χ3n) is 4.60. The molecule has 1 aromatic heterocycles. The average molecular weight is 319 g/mol. The SMILES string of the molecule is C=C(C(=O)OC)C1(C)Oc2ccccc2-c2cc3ccccc3n21. The number of nitrogens with zero attached hydrogens (tertiary/aromatic N) is 1. The predicted octanol–water partition coefficient (Wildman–Crippen LogP) is 4.10. The molecule has 0 aliphatic carbocycles. The Morgan fingerprint density at radius 3 is 2.67 bits per heavy atom. The fraction of sp³-hybridized carbons (Fsp3) is 0.150. The van der Waals surface area contributed by atoms with Crippen molar-refractivity contribution in [2.24, 2.45) is 0 Å². The van der Waals surface area contributed by atoms with E-state index in [9.17, 15) is 4.79 Å². The second-order valence-electron chi connectivity index (χ2n) is 5.98. The maximum atomic E-state index is 12.2. The van der Waals surface area contributed by atoms with Crippen LogP contribution in [0.2, 0.25) is 0 Å². The van der Waals surface area contributed by atoms with E-state index in [0.717, 1.165) is 27.9 Å². The summed E-state index contributed by atoms with van der Waals surface area (Å²) < 4.78 is 13.2. The molecule has 4 heteroatoms.